The highest BCUT2D eigenvalue weighted by Gasteiger charge is 2.27. The summed E-state index contributed by atoms with van der Waals surface area (Å²) >= 11 is 0. The normalized spacial score (nSPS) is 19.2. The van der Waals surface area contributed by atoms with Crippen LogP contribution in [0.3, 0.4) is 0 Å². The molecule has 0 bridgehead atoms. The number of hydrazone groups is 1. The zero-order valence-corrected chi connectivity index (χ0v) is 16.9. The van der Waals surface area contributed by atoms with Gasteiger partial charge in [0.25, 0.3) is 0 Å². The van der Waals surface area contributed by atoms with E-state index >= 15 is 0 Å². The maximum absolute atomic E-state index is 5.38. The van der Waals surface area contributed by atoms with E-state index in [2.05, 4.69) is 79.5 Å². The van der Waals surface area contributed by atoms with Crippen molar-refractivity contribution in [3.63, 3.8) is 0 Å². The van der Waals surface area contributed by atoms with E-state index in [1.165, 1.54) is 29.2 Å². The molecular weight excluding hydrogens is 339 g/mol. The first-order chi connectivity index (χ1) is 12.7. The van der Waals surface area contributed by atoms with Crippen LogP contribution in [-0.4, -0.2) is 42.7 Å². The SMILES string of the molecule is COC[C@H]1CCCN1/N=C(\C)C(C)P(c1ccccc1)c1ccccc1. The van der Waals surface area contributed by atoms with Gasteiger partial charge >= 0.3 is 0 Å². The molecule has 3 rings (SSSR count). The van der Waals surface area contributed by atoms with Crippen LogP contribution in [0.2, 0.25) is 0 Å². The number of benzene rings is 2. The Hall–Kier alpha value is -1.70. The van der Waals surface area contributed by atoms with E-state index in [1.54, 1.807) is 7.11 Å². The summed E-state index contributed by atoms with van der Waals surface area (Å²) in [5.41, 5.74) is 1.60. The van der Waals surface area contributed by atoms with Crippen molar-refractivity contribution in [1.29, 1.82) is 0 Å². The van der Waals surface area contributed by atoms with Crippen LogP contribution in [0.15, 0.2) is 65.8 Å². The van der Waals surface area contributed by atoms with Gasteiger partial charge in [-0.15, -0.1) is 0 Å². The second kappa shape index (κ2) is 9.30. The predicted molar refractivity (Wildman–Crippen MR) is 113 cm³/mol. The molecule has 0 N–H and O–H groups in total. The minimum Gasteiger partial charge on any atom is -0.382 e. The van der Waals surface area contributed by atoms with Crippen LogP contribution in [0.1, 0.15) is 26.7 Å². The molecule has 0 amide bonds. The lowest BCUT2D eigenvalue weighted by molar-refractivity contribution is 0.118. The van der Waals surface area contributed by atoms with Crippen molar-refractivity contribution in [3.05, 3.63) is 60.7 Å². The fraction of sp³-hybridized carbons (Fsp3) is 0.409. The van der Waals surface area contributed by atoms with Crippen LogP contribution in [0.25, 0.3) is 0 Å². The maximum Gasteiger partial charge on any atom is 0.0704 e. The fourth-order valence-corrected chi connectivity index (χ4v) is 6.16. The first kappa shape index (κ1) is 19.1. The van der Waals surface area contributed by atoms with Crippen LogP contribution < -0.4 is 10.6 Å². The smallest absolute Gasteiger partial charge is 0.0704 e. The summed E-state index contributed by atoms with van der Waals surface area (Å²) in [7, 11) is 1.29. The van der Waals surface area contributed by atoms with E-state index in [0.717, 1.165) is 13.2 Å². The Morgan fingerprint density at radius 1 is 1.12 bits per heavy atom. The minimum absolute atomic E-state index is 0.388. The molecule has 0 saturated carbocycles. The van der Waals surface area contributed by atoms with Gasteiger partial charge in [-0.05, 0) is 38.3 Å². The summed E-state index contributed by atoms with van der Waals surface area (Å²) in [5, 5.41) is 10.1. The van der Waals surface area contributed by atoms with E-state index < -0.39 is 7.92 Å². The molecule has 1 aliphatic rings. The summed E-state index contributed by atoms with van der Waals surface area (Å²) in [6, 6.07) is 22.2. The Morgan fingerprint density at radius 2 is 1.69 bits per heavy atom. The Bertz CT molecular complexity index is 665. The average molecular weight is 368 g/mol. The monoisotopic (exact) mass is 368 g/mol. The highest BCUT2D eigenvalue weighted by molar-refractivity contribution is 7.74. The largest absolute Gasteiger partial charge is 0.382 e. The number of nitrogens with zero attached hydrogens (tertiary/aromatic N) is 2. The van der Waals surface area contributed by atoms with Crippen molar-refractivity contribution in [2.45, 2.75) is 38.4 Å². The molecule has 26 heavy (non-hydrogen) atoms. The van der Waals surface area contributed by atoms with Gasteiger partial charge in [-0.25, -0.2) is 0 Å². The Balaban J connectivity index is 1.87. The molecule has 1 fully saturated rings. The van der Waals surface area contributed by atoms with Crippen LogP contribution in [0.4, 0.5) is 0 Å². The number of hydrogen-bond acceptors (Lipinski definition) is 3. The molecule has 2 aromatic carbocycles. The van der Waals surface area contributed by atoms with Crippen molar-refractivity contribution >= 4 is 24.2 Å². The third-order valence-electron chi connectivity index (χ3n) is 5.05. The summed E-state index contributed by atoms with van der Waals surface area (Å²) in [6.07, 6.45) is 2.37. The molecule has 1 unspecified atom stereocenters. The van der Waals surface area contributed by atoms with Crippen LogP contribution in [0, 0.1) is 0 Å². The van der Waals surface area contributed by atoms with Gasteiger partial charge in [0.15, 0.2) is 0 Å². The molecule has 0 radical (unpaired) electrons. The molecule has 2 aromatic rings. The van der Waals surface area contributed by atoms with Gasteiger partial charge in [-0.2, -0.15) is 5.10 Å². The number of methoxy groups -OCH3 is 1. The highest BCUT2D eigenvalue weighted by atomic mass is 31.1. The Kier molecular flexibility index (Phi) is 6.82. The molecule has 1 saturated heterocycles. The van der Waals surface area contributed by atoms with Crippen molar-refractivity contribution in [3.8, 4) is 0 Å². The van der Waals surface area contributed by atoms with Crippen molar-refractivity contribution in [2.24, 2.45) is 5.10 Å². The van der Waals surface area contributed by atoms with Gasteiger partial charge in [0.2, 0.25) is 0 Å². The van der Waals surface area contributed by atoms with Crippen molar-refractivity contribution in [2.75, 3.05) is 20.3 Å². The average Bonchev–Trinajstić information content (AvgIpc) is 3.11. The van der Waals surface area contributed by atoms with Gasteiger partial charge in [-0.3, -0.25) is 5.01 Å². The zero-order chi connectivity index (χ0) is 18.4. The van der Waals surface area contributed by atoms with Gasteiger partial charge in [0, 0.05) is 25.0 Å². The number of ether oxygens (including phenoxy) is 1. The molecule has 0 aliphatic carbocycles. The zero-order valence-electron chi connectivity index (χ0n) is 16.0. The molecule has 4 heteroatoms. The van der Waals surface area contributed by atoms with Gasteiger partial charge in [0.1, 0.15) is 0 Å². The first-order valence-corrected chi connectivity index (χ1v) is 10.8. The maximum atomic E-state index is 5.38. The van der Waals surface area contributed by atoms with E-state index in [9.17, 15) is 0 Å². The van der Waals surface area contributed by atoms with Crippen LogP contribution in [0.5, 0.6) is 0 Å². The first-order valence-electron chi connectivity index (χ1n) is 9.40. The topological polar surface area (TPSA) is 24.8 Å². The minimum atomic E-state index is -0.483. The lowest BCUT2D eigenvalue weighted by Gasteiger charge is -2.28. The van der Waals surface area contributed by atoms with E-state index in [1.807, 2.05) is 0 Å². The predicted octanol–water partition coefficient (Wildman–Crippen LogP) is 3.99. The molecule has 0 aromatic heterocycles. The van der Waals surface area contributed by atoms with E-state index in [-0.39, 0.29) is 0 Å². The molecule has 0 spiro atoms. The standard InChI is InChI=1S/C22H29N2OP/c1-18(23-24-16-10-11-20(24)17-25-3)19(2)26(21-12-6-4-7-13-21)22-14-8-5-9-15-22/h4-9,12-15,19-20H,10-11,16-17H2,1-3H3/b23-18+/t19?,20-/m1/s1. The van der Waals surface area contributed by atoms with Gasteiger partial charge in [-0.1, -0.05) is 67.6 Å². The molecule has 3 nitrogen and oxygen atoms in total. The molecule has 1 aliphatic heterocycles. The summed E-state index contributed by atoms with van der Waals surface area (Å²) in [6.45, 7) is 6.31. The second-order valence-electron chi connectivity index (χ2n) is 6.87. The molecular formula is C22H29N2OP. The summed E-state index contributed by atoms with van der Waals surface area (Å²) < 4.78 is 5.38. The van der Waals surface area contributed by atoms with E-state index in [4.69, 9.17) is 9.84 Å². The lowest BCUT2D eigenvalue weighted by atomic mass is 10.2. The third-order valence-corrected chi connectivity index (χ3v) is 7.91. The molecule has 1 heterocycles. The Labute approximate surface area is 158 Å². The van der Waals surface area contributed by atoms with Crippen LogP contribution >= 0.6 is 7.92 Å². The lowest BCUT2D eigenvalue weighted by Crippen LogP contribution is -2.32. The van der Waals surface area contributed by atoms with Crippen LogP contribution in [-0.2, 0) is 4.74 Å². The van der Waals surface area contributed by atoms with Gasteiger partial charge in [0.05, 0.1) is 12.6 Å². The van der Waals surface area contributed by atoms with Gasteiger partial charge < -0.3 is 4.74 Å². The quantitative estimate of drug-likeness (QED) is 0.545. The highest BCUT2D eigenvalue weighted by Crippen LogP contribution is 2.40. The fourth-order valence-electron chi connectivity index (χ4n) is 3.56. The number of rotatable bonds is 7. The third kappa shape index (κ3) is 4.52. The molecule has 138 valence electrons. The summed E-state index contributed by atoms with van der Waals surface area (Å²) in [5.74, 6) is 0. The van der Waals surface area contributed by atoms with Crippen molar-refractivity contribution in [1.82, 2.24) is 5.01 Å². The van der Waals surface area contributed by atoms with E-state index in [0.29, 0.717) is 11.7 Å². The second-order valence-corrected chi connectivity index (χ2v) is 9.42. The molecule has 2 atom stereocenters. The van der Waals surface area contributed by atoms with Crippen molar-refractivity contribution < 1.29 is 4.74 Å². The summed E-state index contributed by atoms with van der Waals surface area (Å²) in [4.78, 5) is 0. The number of hydrogen-bond donors (Lipinski definition) is 0. The Morgan fingerprint density at radius 3 is 2.23 bits per heavy atom.